The SMILES string of the molecule is C=C(C)C(=O)OC1(c2nc(N)nc(N)n2)C2N3C(=O)N2C(=O)N1C3=O. The molecule has 3 aliphatic rings. The summed E-state index contributed by atoms with van der Waals surface area (Å²) in [6.07, 6.45) is -1.26. The standard InChI is InChI=1S/C12H10N8O5/c1-3(2)4(21)25-12(5-15-7(13)17-8(14)16-5)6-18-9(22)19(6)11(24)20(12)10(18)23/h6H,1H2,2H3,(H4,13,14,15,16,17). The number of fused-ring (bicyclic) bond motifs is 1. The van der Waals surface area contributed by atoms with Crippen molar-refractivity contribution in [3.05, 3.63) is 18.0 Å². The Morgan fingerprint density at radius 3 is 2.08 bits per heavy atom. The fourth-order valence-corrected chi connectivity index (χ4v) is 2.96. The van der Waals surface area contributed by atoms with E-state index in [4.69, 9.17) is 16.2 Å². The van der Waals surface area contributed by atoms with Gasteiger partial charge in [-0.3, -0.25) is 0 Å². The molecule has 3 aliphatic heterocycles. The number of carbonyl (C=O) groups is 4. The lowest BCUT2D eigenvalue weighted by molar-refractivity contribution is -0.175. The number of aromatic nitrogens is 3. The molecule has 3 saturated heterocycles. The minimum atomic E-state index is -2.12. The van der Waals surface area contributed by atoms with Crippen molar-refractivity contribution in [2.45, 2.75) is 18.8 Å². The van der Waals surface area contributed by atoms with Crippen molar-refractivity contribution in [2.24, 2.45) is 0 Å². The minimum absolute atomic E-state index is 0.00762. The Morgan fingerprint density at radius 2 is 1.60 bits per heavy atom. The summed E-state index contributed by atoms with van der Waals surface area (Å²) in [5, 5.41) is 0. The molecular weight excluding hydrogens is 336 g/mol. The van der Waals surface area contributed by atoms with Gasteiger partial charge in [-0.25, -0.2) is 29.0 Å². The van der Waals surface area contributed by atoms with Gasteiger partial charge in [-0.2, -0.15) is 19.9 Å². The third kappa shape index (κ3) is 1.49. The number of carbonyl (C=O) groups excluding carboxylic acids is 4. The summed E-state index contributed by atoms with van der Waals surface area (Å²) in [6.45, 7) is 4.82. The maximum Gasteiger partial charge on any atom is 0.342 e. The summed E-state index contributed by atoms with van der Waals surface area (Å²) < 4.78 is 5.38. The van der Waals surface area contributed by atoms with Gasteiger partial charge < -0.3 is 16.2 Å². The zero-order valence-corrected chi connectivity index (χ0v) is 12.7. The lowest BCUT2D eigenvalue weighted by Crippen LogP contribution is -2.72. The van der Waals surface area contributed by atoms with Gasteiger partial charge >= 0.3 is 24.1 Å². The maximum absolute atomic E-state index is 12.4. The molecule has 1 unspecified atom stereocenters. The lowest BCUT2D eigenvalue weighted by atomic mass is 10.1. The number of anilines is 2. The molecule has 0 aliphatic carbocycles. The molecule has 4 heterocycles. The van der Waals surface area contributed by atoms with Gasteiger partial charge in [0, 0.05) is 5.57 Å². The van der Waals surface area contributed by atoms with E-state index in [1.165, 1.54) is 6.92 Å². The van der Waals surface area contributed by atoms with Crippen LogP contribution in [0.4, 0.5) is 26.3 Å². The smallest absolute Gasteiger partial charge is 0.342 e. The zero-order valence-electron chi connectivity index (χ0n) is 12.7. The van der Waals surface area contributed by atoms with E-state index in [9.17, 15) is 19.2 Å². The van der Waals surface area contributed by atoms with Crippen molar-refractivity contribution in [3.63, 3.8) is 0 Å². The topological polar surface area (TPSA) is 178 Å². The van der Waals surface area contributed by atoms with Gasteiger partial charge in [0.05, 0.1) is 0 Å². The third-order valence-electron chi connectivity index (χ3n) is 3.97. The molecule has 1 aromatic rings. The third-order valence-corrected chi connectivity index (χ3v) is 3.97. The van der Waals surface area contributed by atoms with E-state index in [2.05, 4.69) is 21.5 Å². The molecule has 4 N–H and O–H groups in total. The Kier molecular flexibility index (Phi) is 2.48. The molecule has 6 amide bonds. The average Bonchev–Trinajstić information content (AvgIpc) is 2.84. The predicted molar refractivity (Wildman–Crippen MR) is 76.7 cm³/mol. The van der Waals surface area contributed by atoms with Crippen LogP contribution in [0.25, 0.3) is 0 Å². The molecule has 3 fully saturated rings. The van der Waals surface area contributed by atoms with Gasteiger partial charge in [0.1, 0.15) is 0 Å². The van der Waals surface area contributed by atoms with Crippen molar-refractivity contribution in [3.8, 4) is 0 Å². The highest BCUT2D eigenvalue weighted by Crippen LogP contribution is 2.54. The van der Waals surface area contributed by atoms with E-state index in [1.54, 1.807) is 0 Å². The first-order valence-corrected chi connectivity index (χ1v) is 6.87. The van der Waals surface area contributed by atoms with Gasteiger partial charge in [-0.1, -0.05) is 6.58 Å². The van der Waals surface area contributed by atoms with Crippen LogP contribution in [-0.4, -0.2) is 59.9 Å². The molecule has 25 heavy (non-hydrogen) atoms. The van der Waals surface area contributed by atoms with Crippen molar-refractivity contribution in [1.29, 1.82) is 0 Å². The van der Waals surface area contributed by atoms with Crippen LogP contribution >= 0.6 is 0 Å². The molecule has 128 valence electrons. The number of nitrogens with zero attached hydrogens (tertiary/aromatic N) is 6. The Morgan fingerprint density at radius 1 is 1.08 bits per heavy atom. The van der Waals surface area contributed by atoms with Crippen molar-refractivity contribution in [1.82, 2.24) is 29.7 Å². The van der Waals surface area contributed by atoms with Crippen LogP contribution in [0.5, 0.6) is 0 Å². The van der Waals surface area contributed by atoms with E-state index in [0.717, 1.165) is 9.80 Å². The molecule has 0 spiro atoms. The highest BCUT2D eigenvalue weighted by molar-refractivity contribution is 6.20. The normalized spacial score (nSPS) is 26.2. The Labute approximate surface area is 138 Å². The van der Waals surface area contributed by atoms with E-state index >= 15 is 0 Å². The summed E-state index contributed by atoms with van der Waals surface area (Å²) in [7, 11) is 0. The molecule has 0 aromatic carbocycles. The fourth-order valence-electron chi connectivity index (χ4n) is 2.96. The fraction of sp³-hybridized carbons (Fsp3) is 0.250. The van der Waals surface area contributed by atoms with E-state index in [1.807, 2.05) is 0 Å². The number of imide groups is 3. The number of hydrogen-bond acceptors (Lipinski definition) is 10. The van der Waals surface area contributed by atoms with Gasteiger partial charge in [-0.15, -0.1) is 0 Å². The molecule has 0 radical (unpaired) electrons. The first-order chi connectivity index (χ1) is 11.7. The number of nitrogen functional groups attached to an aromatic ring is 2. The number of nitrogens with two attached hydrogens (primary N) is 2. The van der Waals surface area contributed by atoms with Crippen LogP contribution in [0.3, 0.4) is 0 Å². The predicted octanol–water partition coefficient (Wildman–Crippen LogP) is -1.06. The van der Waals surface area contributed by atoms with Gasteiger partial charge in [-0.05, 0) is 6.92 Å². The number of amides is 6. The minimum Gasteiger partial charge on any atom is -0.422 e. The molecule has 13 heteroatoms. The van der Waals surface area contributed by atoms with Gasteiger partial charge in [0.2, 0.25) is 17.7 Å². The summed E-state index contributed by atoms with van der Waals surface area (Å²) in [6, 6.07) is -2.76. The number of hydrogen-bond donors (Lipinski definition) is 2. The van der Waals surface area contributed by atoms with Crippen LogP contribution in [0.15, 0.2) is 12.2 Å². The molecule has 2 bridgehead atoms. The molecule has 1 atom stereocenters. The quantitative estimate of drug-likeness (QED) is 0.506. The molecule has 4 rings (SSSR count). The van der Waals surface area contributed by atoms with E-state index < -0.39 is 36.0 Å². The number of ether oxygens (including phenoxy) is 1. The molecule has 0 saturated carbocycles. The average molecular weight is 346 g/mol. The first-order valence-electron chi connectivity index (χ1n) is 6.87. The van der Waals surface area contributed by atoms with Crippen molar-refractivity contribution in [2.75, 3.05) is 11.5 Å². The van der Waals surface area contributed by atoms with Crippen LogP contribution in [0, 0.1) is 0 Å². The zero-order chi connectivity index (χ0) is 18.3. The number of urea groups is 3. The molecular formula is C12H10N8O5. The summed E-state index contributed by atoms with van der Waals surface area (Å²) in [4.78, 5) is 62.2. The second-order valence-corrected chi connectivity index (χ2v) is 5.54. The number of esters is 1. The summed E-state index contributed by atoms with van der Waals surface area (Å²) in [5.41, 5.74) is 8.97. The molecule has 1 aromatic heterocycles. The van der Waals surface area contributed by atoms with Gasteiger partial charge in [0.25, 0.3) is 5.72 Å². The highest BCUT2D eigenvalue weighted by atomic mass is 16.6. The van der Waals surface area contributed by atoms with Crippen LogP contribution in [0.1, 0.15) is 12.7 Å². The summed E-state index contributed by atoms with van der Waals surface area (Å²) in [5.74, 6) is -1.90. The first kappa shape index (κ1) is 14.8. The van der Waals surface area contributed by atoms with E-state index in [-0.39, 0.29) is 23.3 Å². The lowest BCUT2D eigenvalue weighted by Gasteiger charge is -2.43. The second-order valence-electron chi connectivity index (χ2n) is 5.54. The van der Waals surface area contributed by atoms with Crippen molar-refractivity contribution < 1.29 is 23.9 Å². The Bertz CT molecular complexity index is 869. The monoisotopic (exact) mass is 346 g/mol. The Hall–Kier alpha value is -3.77. The van der Waals surface area contributed by atoms with Crippen LogP contribution < -0.4 is 11.5 Å². The van der Waals surface area contributed by atoms with Crippen molar-refractivity contribution >= 4 is 36.0 Å². The van der Waals surface area contributed by atoms with Crippen LogP contribution in [0.2, 0.25) is 0 Å². The van der Waals surface area contributed by atoms with Crippen LogP contribution in [-0.2, 0) is 15.3 Å². The highest BCUT2D eigenvalue weighted by Gasteiger charge is 2.83. The number of rotatable bonds is 3. The van der Waals surface area contributed by atoms with E-state index in [0.29, 0.717) is 4.90 Å². The Balaban J connectivity index is 1.95. The second kappa shape index (κ2) is 4.19. The van der Waals surface area contributed by atoms with Gasteiger partial charge in [0.15, 0.2) is 6.17 Å². The largest absolute Gasteiger partial charge is 0.422 e. The molecule has 13 nitrogen and oxygen atoms in total. The summed E-state index contributed by atoms with van der Waals surface area (Å²) >= 11 is 0. The maximum atomic E-state index is 12.4.